The average Bonchev–Trinajstić information content (AvgIpc) is 3.58. The lowest BCUT2D eigenvalue weighted by Crippen LogP contribution is -2.39. The van der Waals surface area contributed by atoms with E-state index in [0.717, 1.165) is 24.3 Å². The molecule has 0 unspecified atom stereocenters. The van der Waals surface area contributed by atoms with E-state index >= 15 is 0 Å². The Balaban J connectivity index is 1.47. The lowest BCUT2D eigenvalue weighted by Gasteiger charge is -2.23. The summed E-state index contributed by atoms with van der Waals surface area (Å²) in [5.41, 5.74) is 1.34. The van der Waals surface area contributed by atoms with Gasteiger partial charge in [0, 0.05) is 11.7 Å². The monoisotopic (exact) mass is 453 g/mol. The second-order valence-corrected chi connectivity index (χ2v) is 8.11. The lowest BCUT2D eigenvalue weighted by molar-refractivity contribution is -0.124. The maximum Gasteiger partial charge on any atom is 0.256 e. The van der Waals surface area contributed by atoms with Crippen molar-refractivity contribution in [2.24, 2.45) is 0 Å². The van der Waals surface area contributed by atoms with E-state index in [1.165, 1.54) is 4.90 Å². The van der Waals surface area contributed by atoms with Gasteiger partial charge in [-0.05, 0) is 87.4 Å². The van der Waals surface area contributed by atoms with Gasteiger partial charge in [-0.3, -0.25) is 14.5 Å². The summed E-state index contributed by atoms with van der Waals surface area (Å²) in [5.74, 6) is 1.08. The predicted octanol–water partition coefficient (Wildman–Crippen LogP) is 3.98. The number of nitrogens with one attached hydrogen (secondary N) is 1. The second kappa shape index (κ2) is 9.56. The van der Waals surface area contributed by atoms with Crippen LogP contribution in [0.3, 0.4) is 0 Å². The summed E-state index contributed by atoms with van der Waals surface area (Å²) in [7, 11) is 0. The first-order chi connectivity index (χ1) is 15.5. The zero-order chi connectivity index (χ0) is 22.7. The smallest absolute Gasteiger partial charge is 0.256 e. The van der Waals surface area contributed by atoms with E-state index in [4.69, 9.17) is 21.7 Å². The largest absolute Gasteiger partial charge is 0.494 e. The number of anilines is 2. The van der Waals surface area contributed by atoms with Gasteiger partial charge in [0.15, 0.2) is 5.11 Å². The maximum atomic E-state index is 13.3. The van der Waals surface area contributed by atoms with Crippen molar-refractivity contribution in [3.8, 4) is 11.5 Å². The van der Waals surface area contributed by atoms with Crippen molar-refractivity contribution in [1.29, 1.82) is 0 Å². The van der Waals surface area contributed by atoms with Gasteiger partial charge in [-0.2, -0.15) is 0 Å². The molecule has 1 N–H and O–H groups in total. The summed E-state index contributed by atoms with van der Waals surface area (Å²) in [6.07, 6.45) is 1.99. The Kier molecular flexibility index (Phi) is 6.60. The molecule has 1 aliphatic carbocycles. The topological polar surface area (TPSA) is 71.1 Å². The second-order valence-electron chi connectivity index (χ2n) is 7.75. The van der Waals surface area contributed by atoms with E-state index in [1.807, 2.05) is 43.0 Å². The third-order valence-corrected chi connectivity index (χ3v) is 5.82. The van der Waals surface area contributed by atoms with Crippen LogP contribution < -0.4 is 19.7 Å². The maximum absolute atomic E-state index is 13.3. The van der Waals surface area contributed by atoms with Crippen LogP contribution in [-0.2, 0) is 9.59 Å². The highest BCUT2D eigenvalue weighted by Crippen LogP contribution is 2.37. The molecule has 1 heterocycles. The Labute approximate surface area is 193 Å². The first-order valence-electron chi connectivity index (χ1n) is 10.9. The van der Waals surface area contributed by atoms with Gasteiger partial charge in [0.25, 0.3) is 5.91 Å². The standard InChI is InChI=1S/C24H27N3O4S/c1-3-30-19-11-5-16(6-12-19)25-22(28)15-21-23(29)27(24(32)26(21)17-7-8-17)18-9-13-20(14-10-18)31-4-2/h5-6,9-14,17,21H,3-4,7-8,15H2,1-2H3,(H,25,28)/t21-/m1/s1. The zero-order valence-electron chi connectivity index (χ0n) is 18.2. The molecule has 1 saturated heterocycles. The third-order valence-electron chi connectivity index (χ3n) is 5.43. The van der Waals surface area contributed by atoms with Crippen molar-refractivity contribution in [2.45, 2.75) is 45.2 Å². The van der Waals surface area contributed by atoms with Gasteiger partial charge in [0.2, 0.25) is 5.91 Å². The lowest BCUT2D eigenvalue weighted by atomic mass is 10.1. The number of hydrogen-bond donors (Lipinski definition) is 1. The summed E-state index contributed by atoms with van der Waals surface area (Å²) in [6, 6.07) is 14.1. The van der Waals surface area contributed by atoms with Gasteiger partial charge in [0.1, 0.15) is 17.5 Å². The number of carbonyl (C=O) groups is 2. The number of nitrogens with zero attached hydrogens (tertiary/aromatic N) is 2. The molecule has 1 atom stereocenters. The van der Waals surface area contributed by atoms with Crippen molar-refractivity contribution in [3.63, 3.8) is 0 Å². The Morgan fingerprint density at radius 2 is 1.56 bits per heavy atom. The predicted molar refractivity (Wildman–Crippen MR) is 127 cm³/mol. The number of ether oxygens (including phenoxy) is 2. The van der Waals surface area contributed by atoms with Gasteiger partial charge in [-0.15, -0.1) is 0 Å². The van der Waals surface area contributed by atoms with Gasteiger partial charge < -0.3 is 19.7 Å². The highest BCUT2D eigenvalue weighted by Gasteiger charge is 2.49. The Bertz CT molecular complexity index is 989. The molecule has 1 aliphatic heterocycles. The first kappa shape index (κ1) is 22.1. The summed E-state index contributed by atoms with van der Waals surface area (Å²) in [4.78, 5) is 29.6. The Morgan fingerprint density at radius 1 is 1.00 bits per heavy atom. The molecule has 0 radical (unpaired) electrons. The fourth-order valence-corrected chi connectivity index (χ4v) is 4.32. The molecule has 0 aromatic heterocycles. The summed E-state index contributed by atoms with van der Waals surface area (Å²) < 4.78 is 10.9. The van der Waals surface area contributed by atoms with Crippen LogP contribution in [0.2, 0.25) is 0 Å². The molecule has 2 fully saturated rings. The molecule has 32 heavy (non-hydrogen) atoms. The fourth-order valence-electron chi connectivity index (χ4n) is 3.84. The quantitative estimate of drug-likeness (QED) is 0.579. The van der Waals surface area contributed by atoms with Gasteiger partial charge in [-0.25, -0.2) is 0 Å². The van der Waals surface area contributed by atoms with Crippen molar-refractivity contribution >= 4 is 40.5 Å². The normalized spacial score (nSPS) is 18.1. The molecule has 2 amide bonds. The summed E-state index contributed by atoms with van der Waals surface area (Å²) in [5, 5.41) is 3.34. The summed E-state index contributed by atoms with van der Waals surface area (Å²) in [6.45, 7) is 4.99. The molecular formula is C24H27N3O4S. The van der Waals surface area contributed by atoms with Crippen molar-refractivity contribution in [3.05, 3.63) is 48.5 Å². The summed E-state index contributed by atoms with van der Waals surface area (Å²) >= 11 is 5.67. The molecule has 7 nitrogen and oxygen atoms in total. The fraction of sp³-hybridized carbons (Fsp3) is 0.375. The molecule has 1 saturated carbocycles. The number of benzene rings is 2. The average molecular weight is 454 g/mol. The first-order valence-corrected chi connectivity index (χ1v) is 11.3. The van der Waals surface area contributed by atoms with Crippen LogP contribution in [0.15, 0.2) is 48.5 Å². The van der Waals surface area contributed by atoms with Crippen molar-refractivity contribution in [1.82, 2.24) is 4.90 Å². The molecule has 2 aromatic rings. The van der Waals surface area contributed by atoms with Crippen LogP contribution in [0.4, 0.5) is 11.4 Å². The van der Waals surface area contributed by atoms with Crippen LogP contribution in [0.25, 0.3) is 0 Å². The van der Waals surface area contributed by atoms with Gasteiger partial charge in [0.05, 0.1) is 25.3 Å². The van der Waals surface area contributed by atoms with E-state index in [9.17, 15) is 9.59 Å². The molecule has 0 bridgehead atoms. The number of amides is 2. The molecule has 168 valence electrons. The molecule has 0 spiro atoms. The molecule has 2 aliphatic rings. The third kappa shape index (κ3) is 4.70. The van der Waals surface area contributed by atoms with Crippen LogP contribution in [0, 0.1) is 0 Å². The minimum absolute atomic E-state index is 0.0379. The van der Waals surface area contributed by atoms with Crippen LogP contribution in [0.5, 0.6) is 11.5 Å². The number of carbonyl (C=O) groups excluding carboxylic acids is 2. The van der Waals surface area contributed by atoms with E-state index in [2.05, 4.69) is 5.32 Å². The van der Waals surface area contributed by atoms with Crippen LogP contribution in [0.1, 0.15) is 33.1 Å². The Morgan fingerprint density at radius 3 is 2.09 bits per heavy atom. The van der Waals surface area contributed by atoms with E-state index < -0.39 is 6.04 Å². The minimum Gasteiger partial charge on any atom is -0.494 e. The van der Waals surface area contributed by atoms with Crippen LogP contribution in [-0.4, -0.2) is 47.1 Å². The highest BCUT2D eigenvalue weighted by molar-refractivity contribution is 7.80. The van der Waals surface area contributed by atoms with E-state index in [-0.39, 0.29) is 24.3 Å². The van der Waals surface area contributed by atoms with E-state index in [0.29, 0.717) is 29.7 Å². The highest BCUT2D eigenvalue weighted by atomic mass is 32.1. The Hall–Kier alpha value is -3.13. The van der Waals surface area contributed by atoms with Crippen molar-refractivity contribution in [2.75, 3.05) is 23.4 Å². The van der Waals surface area contributed by atoms with Crippen molar-refractivity contribution < 1.29 is 19.1 Å². The minimum atomic E-state index is -0.607. The number of hydrogen-bond acceptors (Lipinski definition) is 5. The van der Waals surface area contributed by atoms with Crippen LogP contribution >= 0.6 is 12.2 Å². The van der Waals surface area contributed by atoms with Gasteiger partial charge >= 0.3 is 0 Å². The number of rotatable bonds is 9. The molecule has 8 heteroatoms. The van der Waals surface area contributed by atoms with Gasteiger partial charge in [-0.1, -0.05) is 0 Å². The van der Waals surface area contributed by atoms with E-state index in [1.54, 1.807) is 24.3 Å². The number of thiocarbonyl (C=S) groups is 1. The SMILES string of the molecule is CCOc1ccc(NC(=O)C[C@@H]2C(=O)N(c3ccc(OCC)cc3)C(=S)N2C2CC2)cc1. The zero-order valence-corrected chi connectivity index (χ0v) is 19.1. The molecule has 2 aromatic carbocycles. The molecular weight excluding hydrogens is 426 g/mol. The molecule has 4 rings (SSSR count).